The molecular formula is C18H26N2O4S3. The predicted octanol–water partition coefficient (Wildman–Crippen LogP) is 2.56. The molecule has 0 radical (unpaired) electrons. The zero-order chi connectivity index (χ0) is 20.2. The Morgan fingerprint density at radius 3 is 2.67 bits per heavy atom. The summed E-state index contributed by atoms with van der Waals surface area (Å²) < 4.78 is 29.7. The molecule has 1 aromatic rings. The molecule has 1 aliphatic heterocycles. The highest BCUT2D eigenvalue weighted by Gasteiger charge is 2.37. The van der Waals surface area contributed by atoms with Gasteiger partial charge in [0.2, 0.25) is 0 Å². The highest BCUT2D eigenvalue weighted by Crippen LogP contribution is 2.22. The van der Waals surface area contributed by atoms with Crippen LogP contribution in [0.4, 0.5) is 0 Å². The van der Waals surface area contributed by atoms with E-state index in [1.807, 2.05) is 11.4 Å². The lowest BCUT2D eigenvalue weighted by atomic mass is 10.1. The van der Waals surface area contributed by atoms with E-state index < -0.39 is 26.6 Å². The first-order valence-corrected chi connectivity index (χ1v) is 11.7. The minimum atomic E-state index is -3.46. The molecular weight excluding hydrogens is 404 g/mol. The summed E-state index contributed by atoms with van der Waals surface area (Å²) in [6, 6.07) is 1.31. The van der Waals surface area contributed by atoms with Gasteiger partial charge in [-0.15, -0.1) is 0 Å². The van der Waals surface area contributed by atoms with E-state index in [0.717, 1.165) is 6.42 Å². The van der Waals surface area contributed by atoms with Crippen LogP contribution in [0.25, 0.3) is 0 Å². The molecule has 0 bridgehead atoms. The normalized spacial score (nSPS) is 18.1. The summed E-state index contributed by atoms with van der Waals surface area (Å²) >= 11 is 6.77. The van der Waals surface area contributed by atoms with Crippen molar-refractivity contribution in [2.24, 2.45) is 0 Å². The molecule has 9 heteroatoms. The molecule has 150 valence electrons. The van der Waals surface area contributed by atoms with Crippen LogP contribution in [0.5, 0.6) is 0 Å². The van der Waals surface area contributed by atoms with Crippen LogP contribution in [-0.2, 0) is 25.8 Å². The first-order chi connectivity index (χ1) is 12.5. The molecule has 0 aliphatic carbocycles. The summed E-state index contributed by atoms with van der Waals surface area (Å²) in [6.07, 6.45) is 1.54. The lowest BCUT2D eigenvalue weighted by Gasteiger charge is -2.31. The quantitative estimate of drug-likeness (QED) is 0.391. The second kappa shape index (κ2) is 8.70. The number of nitrogens with one attached hydrogen (secondary N) is 2. The number of sulfone groups is 1. The summed E-state index contributed by atoms with van der Waals surface area (Å²) in [6.45, 7) is 6.89. The molecule has 2 heterocycles. The van der Waals surface area contributed by atoms with Crippen molar-refractivity contribution in [1.29, 1.82) is 0 Å². The summed E-state index contributed by atoms with van der Waals surface area (Å²) in [5, 5.41) is 10.2. The number of hydrogen-bond acceptors (Lipinski definition) is 6. The van der Waals surface area contributed by atoms with Crippen LogP contribution in [0.2, 0.25) is 0 Å². The standard InChI is InChI=1S/C18H26N2O4S3/c1-12-15(16(21)24-8-5-6-13-7-9-26-10-13)14(20-17(25)19-12)11-27(22,23)18(2,3)4/h7,9-10,14H,5-6,8,11H2,1-4H3,(H2,19,20,25). The number of esters is 1. The predicted molar refractivity (Wildman–Crippen MR) is 112 cm³/mol. The van der Waals surface area contributed by atoms with E-state index in [9.17, 15) is 13.2 Å². The molecule has 0 saturated carbocycles. The number of hydrogen-bond donors (Lipinski definition) is 2. The average molecular weight is 431 g/mol. The summed E-state index contributed by atoms with van der Waals surface area (Å²) in [4.78, 5) is 12.6. The molecule has 2 rings (SSSR count). The van der Waals surface area contributed by atoms with Gasteiger partial charge in [0.05, 0.1) is 28.7 Å². The van der Waals surface area contributed by atoms with E-state index in [1.165, 1.54) is 5.56 Å². The van der Waals surface area contributed by atoms with Gasteiger partial charge in [-0.25, -0.2) is 13.2 Å². The number of carbonyl (C=O) groups excluding carboxylic acids is 1. The van der Waals surface area contributed by atoms with Crippen LogP contribution in [0, 0.1) is 0 Å². The Balaban J connectivity index is 2.06. The summed E-state index contributed by atoms with van der Waals surface area (Å²) in [5.41, 5.74) is 2.02. The van der Waals surface area contributed by atoms with E-state index in [2.05, 4.69) is 16.0 Å². The van der Waals surface area contributed by atoms with Gasteiger partial charge < -0.3 is 15.4 Å². The Morgan fingerprint density at radius 1 is 1.37 bits per heavy atom. The van der Waals surface area contributed by atoms with Crippen LogP contribution >= 0.6 is 23.6 Å². The fourth-order valence-electron chi connectivity index (χ4n) is 2.61. The van der Waals surface area contributed by atoms with E-state index in [4.69, 9.17) is 17.0 Å². The lowest BCUT2D eigenvalue weighted by molar-refractivity contribution is -0.139. The minimum Gasteiger partial charge on any atom is -0.462 e. The van der Waals surface area contributed by atoms with Gasteiger partial charge in [-0.2, -0.15) is 11.3 Å². The number of rotatable bonds is 7. The van der Waals surface area contributed by atoms with Gasteiger partial charge in [-0.05, 0) is 75.1 Å². The van der Waals surface area contributed by atoms with Crippen molar-refractivity contribution in [2.75, 3.05) is 12.4 Å². The van der Waals surface area contributed by atoms with Gasteiger partial charge in [0, 0.05) is 5.70 Å². The van der Waals surface area contributed by atoms with Gasteiger partial charge in [0.1, 0.15) is 0 Å². The van der Waals surface area contributed by atoms with Gasteiger partial charge >= 0.3 is 5.97 Å². The van der Waals surface area contributed by atoms with E-state index in [0.29, 0.717) is 17.2 Å². The maximum atomic E-state index is 12.6. The third-order valence-electron chi connectivity index (χ3n) is 4.32. The average Bonchev–Trinajstić information content (AvgIpc) is 3.02. The van der Waals surface area contributed by atoms with E-state index in [-0.39, 0.29) is 17.9 Å². The number of carbonyl (C=O) groups is 1. The SMILES string of the molecule is CC1=C(C(=O)OCCCc2ccsc2)C(CS(=O)(=O)C(C)(C)C)NC(=S)N1. The monoisotopic (exact) mass is 430 g/mol. The highest BCUT2D eigenvalue weighted by molar-refractivity contribution is 7.92. The molecule has 0 aromatic carbocycles. The molecule has 1 atom stereocenters. The molecule has 0 spiro atoms. The third kappa shape index (κ3) is 5.76. The third-order valence-corrected chi connectivity index (χ3v) is 7.91. The first kappa shape index (κ1) is 21.8. The molecule has 6 nitrogen and oxygen atoms in total. The van der Waals surface area contributed by atoms with Gasteiger partial charge in [-0.1, -0.05) is 0 Å². The van der Waals surface area contributed by atoms with Crippen LogP contribution in [0.15, 0.2) is 28.1 Å². The fraction of sp³-hybridized carbons (Fsp3) is 0.556. The number of thiocarbonyl (C=S) groups is 1. The van der Waals surface area contributed by atoms with Crippen molar-refractivity contribution >= 4 is 44.5 Å². The maximum Gasteiger partial charge on any atom is 0.337 e. The molecule has 27 heavy (non-hydrogen) atoms. The van der Waals surface area contributed by atoms with Crippen molar-refractivity contribution < 1.29 is 17.9 Å². The van der Waals surface area contributed by atoms with Crippen molar-refractivity contribution in [2.45, 2.75) is 51.3 Å². The maximum absolute atomic E-state index is 12.6. The lowest BCUT2D eigenvalue weighted by Crippen LogP contribution is -2.53. The Kier molecular flexibility index (Phi) is 7.04. The summed E-state index contributed by atoms with van der Waals surface area (Å²) in [7, 11) is -3.46. The van der Waals surface area contributed by atoms with Crippen molar-refractivity contribution in [1.82, 2.24) is 10.6 Å². The van der Waals surface area contributed by atoms with Crippen LogP contribution in [0.1, 0.15) is 39.7 Å². The molecule has 2 N–H and O–H groups in total. The molecule has 0 fully saturated rings. The Bertz CT molecular complexity index is 821. The Hall–Kier alpha value is -1.45. The summed E-state index contributed by atoms with van der Waals surface area (Å²) in [5.74, 6) is -0.746. The fourth-order valence-corrected chi connectivity index (χ4v) is 4.80. The minimum absolute atomic E-state index is 0.227. The van der Waals surface area contributed by atoms with E-state index in [1.54, 1.807) is 39.0 Å². The van der Waals surface area contributed by atoms with Crippen molar-refractivity contribution in [3.8, 4) is 0 Å². The van der Waals surface area contributed by atoms with Gasteiger partial charge in [-0.3, -0.25) is 0 Å². The first-order valence-electron chi connectivity index (χ1n) is 8.70. The second-order valence-corrected chi connectivity index (χ2v) is 11.4. The van der Waals surface area contributed by atoms with Gasteiger partial charge in [0.25, 0.3) is 0 Å². The highest BCUT2D eigenvalue weighted by atomic mass is 32.2. The molecule has 0 amide bonds. The number of thiophene rings is 1. The Morgan fingerprint density at radius 2 is 2.07 bits per heavy atom. The molecule has 0 saturated heterocycles. The molecule has 1 aromatic heterocycles. The van der Waals surface area contributed by atoms with Crippen LogP contribution in [-0.4, -0.2) is 42.6 Å². The van der Waals surface area contributed by atoms with Crippen molar-refractivity contribution in [3.05, 3.63) is 33.7 Å². The van der Waals surface area contributed by atoms with Crippen LogP contribution < -0.4 is 10.6 Å². The smallest absolute Gasteiger partial charge is 0.337 e. The molecule has 1 aliphatic rings. The van der Waals surface area contributed by atoms with Gasteiger partial charge in [0.15, 0.2) is 14.9 Å². The number of ether oxygens (including phenoxy) is 1. The zero-order valence-corrected chi connectivity index (χ0v) is 18.4. The molecule has 1 unspecified atom stereocenters. The van der Waals surface area contributed by atoms with E-state index >= 15 is 0 Å². The topological polar surface area (TPSA) is 84.5 Å². The number of aryl methyl sites for hydroxylation is 1. The van der Waals surface area contributed by atoms with Crippen LogP contribution in [0.3, 0.4) is 0 Å². The largest absolute Gasteiger partial charge is 0.462 e. The zero-order valence-electron chi connectivity index (χ0n) is 16.0. The second-order valence-electron chi connectivity index (χ2n) is 7.45. The van der Waals surface area contributed by atoms with Crippen molar-refractivity contribution in [3.63, 3.8) is 0 Å². The Labute approximate surface area is 170 Å². The number of allylic oxidation sites excluding steroid dienone is 1.